The number of ether oxygens (including phenoxy) is 2. The largest absolute Gasteiger partial charge is 0.462 e. The number of hydrogen-bond donors (Lipinski definition) is 2. The summed E-state index contributed by atoms with van der Waals surface area (Å²) in [4.78, 5) is 37.8. The SMILES string of the molecule is CCOC(=O)c1c(-c2ccccc2)csc1NC(=O)COC(=O)c1cccc(S(=O)(=O)NCc2ccccc2)c1. The Kier molecular flexibility index (Phi) is 9.43. The van der Waals surface area contributed by atoms with Gasteiger partial charge in [-0.05, 0) is 36.2 Å². The molecule has 1 heterocycles. The molecule has 0 aliphatic carbocycles. The summed E-state index contributed by atoms with van der Waals surface area (Å²) < 4.78 is 38.2. The van der Waals surface area contributed by atoms with Crippen LogP contribution in [0.1, 0.15) is 33.2 Å². The number of thiophene rings is 1. The number of benzene rings is 3. The molecule has 0 unspecified atom stereocenters. The topological polar surface area (TPSA) is 128 Å². The Balaban J connectivity index is 1.41. The van der Waals surface area contributed by atoms with Gasteiger partial charge < -0.3 is 14.8 Å². The summed E-state index contributed by atoms with van der Waals surface area (Å²) in [7, 11) is -3.90. The van der Waals surface area contributed by atoms with Crippen LogP contribution in [0.25, 0.3) is 11.1 Å². The number of hydrogen-bond acceptors (Lipinski definition) is 8. The second-order valence-electron chi connectivity index (χ2n) is 8.40. The molecule has 0 saturated carbocycles. The Morgan fingerprint density at radius 2 is 1.55 bits per heavy atom. The number of rotatable bonds is 11. The summed E-state index contributed by atoms with van der Waals surface area (Å²) >= 11 is 1.14. The predicted octanol–water partition coefficient (Wildman–Crippen LogP) is 4.87. The van der Waals surface area contributed by atoms with Crippen molar-refractivity contribution in [3.05, 3.63) is 107 Å². The Morgan fingerprint density at radius 3 is 2.25 bits per heavy atom. The highest BCUT2D eigenvalue weighted by atomic mass is 32.2. The molecule has 0 spiro atoms. The summed E-state index contributed by atoms with van der Waals surface area (Å²) in [6.45, 7) is 1.28. The van der Waals surface area contributed by atoms with Gasteiger partial charge in [0.05, 0.1) is 17.1 Å². The fraction of sp³-hybridized carbons (Fsp3) is 0.138. The smallest absolute Gasteiger partial charge is 0.341 e. The first-order valence-electron chi connectivity index (χ1n) is 12.2. The van der Waals surface area contributed by atoms with Crippen molar-refractivity contribution in [2.45, 2.75) is 18.4 Å². The Labute approximate surface area is 235 Å². The van der Waals surface area contributed by atoms with Crippen molar-refractivity contribution >= 4 is 44.2 Å². The molecule has 0 saturated heterocycles. The average Bonchev–Trinajstić information content (AvgIpc) is 3.39. The van der Waals surface area contributed by atoms with E-state index in [0.29, 0.717) is 5.56 Å². The summed E-state index contributed by atoms with van der Waals surface area (Å²) in [5.41, 5.74) is 2.33. The van der Waals surface area contributed by atoms with Crippen LogP contribution in [0.2, 0.25) is 0 Å². The molecule has 4 aromatic rings. The molecule has 0 atom stereocenters. The number of carbonyl (C=O) groups excluding carboxylic acids is 3. The Bertz CT molecular complexity index is 1600. The summed E-state index contributed by atoms with van der Waals surface area (Å²) in [6, 6.07) is 23.5. The number of sulfonamides is 1. The van der Waals surface area contributed by atoms with Gasteiger partial charge >= 0.3 is 11.9 Å². The predicted molar refractivity (Wildman–Crippen MR) is 152 cm³/mol. The minimum atomic E-state index is -3.90. The van der Waals surface area contributed by atoms with Crippen LogP contribution in [0.15, 0.2) is 95.2 Å². The van der Waals surface area contributed by atoms with E-state index in [9.17, 15) is 22.8 Å². The lowest BCUT2D eigenvalue weighted by atomic mass is 10.0. The van der Waals surface area contributed by atoms with E-state index >= 15 is 0 Å². The molecule has 2 N–H and O–H groups in total. The van der Waals surface area contributed by atoms with E-state index in [2.05, 4.69) is 10.0 Å². The van der Waals surface area contributed by atoms with E-state index in [1.807, 2.05) is 36.4 Å². The molecule has 1 amide bonds. The lowest BCUT2D eigenvalue weighted by molar-refractivity contribution is -0.119. The zero-order valence-corrected chi connectivity index (χ0v) is 23.1. The van der Waals surface area contributed by atoms with Crippen LogP contribution >= 0.6 is 11.3 Å². The molecule has 11 heteroatoms. The van der Waals surface area contributed by atoms with Gasteiger partial charge in [0.15, 0.2) is 6.61 Å². The molecule has 0 radical (unpaired) electrons. The third-order valence-electron chi connectivity index (χ3n) is 5.63. The summed E-state index contributed by atoms with van der Waals surface area (Å²) in [6.07, 6.45) is 0. The van der Waals surface area contributed by atoms with E-state index in [0.717, 1.165) is 22.5 Å². The van der Waals surface area contributed by atoms with Gasteiger partial charge in [-0.3, -0.25) is 4.79 Å². The number of esters is 2. The highest BCUT2D eigenvalue weighted by Gasteiger charge is 2.23. The van der Waals surface area contributed by atoms with E-state index in [4.69, 9.17) is 9.47 Å². The van der Waals surface area contributed by atoms with Crippen LogP contribution in [-0.4, -0.2) is 39.5 Å². The van der Waals surface area contributed by atoms with Crippen molar-refractivity contribution in [1.82, 2.24) is 4.72 Å². The molecule has 0 fully saturated rings. The van der Waals surface area contributed by atoms with E-state index in [1.54, 1.807) is 36.6 Å². The van der Waals surface area contributed by atoms with Gasteiger partial charge in [0, 0.05) is 17.5 Å². The van der Waals surface area contributed by atoms with Gasteiger partial charge in [0.2, 0.25) is 10.0 Å². The van der Waals surface area contributed by atoms with Crippen LogP contribution in [-0.2, 0) is 30.8 Å². The second kappa shape index (κ2) is 13.2. The first-order valence-corrected chi connectivity index (χ1v) is 14.6. The highest BCUT2D eigenvalue weighted by molar-refractivity contribution is 7.89. The molecule has 0 aliphatic rings. The highest BCUT2D eigenvalue weighted by Crippen LogP contribution is 2.36. The maximum Gasteiger partial charge on any atom is 0.341 e. The molecule has 4 rings (SSSR count). The minimum Gasteiger partial charge on any atom is -0.462 e. The van der Waals surface area contributed by atoms with E-state index in [-0.39, 0.29) is 34.2 Å². The van der Waals surface area contributed by atoms with Gasteiger partial charge in [-0.15, -0.1) is 11.3 Å². The first-order chi connectivity index (χ1) is 19.3. The van der Waals surface area contributed by atoms with Crippen LogP contribution < -0.4 is 10.0 Å². The van der Waals surface area contributed by atoms with Crippen LogP contribution in [0.3, 0.4) is 0 Å². The average molecular weight is 579 g/mol. The van der Waals surface area contributed by atoms with Crippen molar-refractivity contribution in [1.29, 1.82) is 0 Å². The van der Waals surface area contributed by atoms with Crippen molar-refractivity contribution in [2.75, 3.05) is 18.5 Å². The van der Waals surface area contributed by atoms with Gasteiger partial charge in [-0.2, -0.15) is 0 Å². The molecule has 40 heavy (non-hydrogen) atoms. The molecule has 0 bridgehead atoms. The van der Waals surface area contributed by atoms with Crippen LogP contribution in [0.4, 0.5) is 5.00 Å². The van der Waals surface area contributed by atoms with Gasteiger partial charge in [0.1, 0.15) is 10.6 Å². The van der Waals surface area contributed by atoms with Crippen LogP contribution in [0, 0.1) is 0 Å². The second-order valence-corrected chi connectivity index (χ2v) is 11.0. The third-order valence-corrected chi connectivity index (χ3v) is 7.93. The standard InChI is InChI=1S/C29H26N2O7S2/c1-2-37-29(34)26-24(21-12-7-4-8-13-21)19-39-27(26)31-25(32)18-38-28(33)22-14-9-15-23(16-22)40(35,36)30-17-20-10-5-3-6-11-20/h3-16,19,30H,2,17-18H2,1H3,(H,31,32). The van der Waals surface area contributed by atoms with Crippen LogP contribution in [0.5, 0.6) is 0 Å². The maximum absolute atomic E-state index is 12.7. The van der Waals surface area contributed by atoms with E-state index < -0.39 is 34.5 Å². The number of nitrogens with one attached hydrogen (secondary N) is 2. The fourth-order valence-corrected chi connectivity index (χ4v) is 5.75. The zero-order valence-electron chi connectivity index (χ0n) is 21.5. The lowest BCUT2D eigenvalue weighted by Gasteiger charge is -2.10. The molecular formula is C29H26N2O7S2. The fourth-order valence-electron chi connectivity index (χ4n) is 3.71. The van der Waals surface area contributed by atoms with E-state index in [1.165, 1.54) is 24.3 Å². The van der Waals surface area contributed by atoms with Crippen molar-refractivity contribution in [3.63, 3.8) is 0 Å². The maximum atomic E-state index is 12.7. The van der Waals surface area contributed by atoms with Crippen molar-refractivity contribution in [2.24, 2.45) is 0 Å². The van der Waals surface area contributed by atoms with Gasteiger partial charge in [0.25, 0.3) is 5.91 Å². The molecule has 9 nitrogen and oxygen atoms in total. The molecular weight excluding hydrogens is 552 g/mol. The lowest BCUT2D eigenvalue weighted by Crippen LogP contribution is -2.24. The number of amides is 1. The first kappa shape index (κ1) is 28.7. The molecule has 0 aliphatic heterocycles. The third kappa shape index (κ3) is 7.20. The number of anilines is 1. The van der Waals surface area contributed by atoms with Gasteiger partial charge in [-0.25, -0.2) is 22.7 Å². The molecule has 206 valence electrons. The molecule has 1 aromatic heterocycles. The monoisotopic (exact) mass is 578 g/mol. The normalized spacial score (nSPS) is 11.0. The minimum absolute atomic E-state index is 0.0370. The summed E-state index contributed by atoms with van der Waals surface area (Å²) in [5, 5.41) is 4.61. The van der Waals surface area contributed by atoms with Crippen molar-refractivity contribution < 1.29 is 32.3 Å². The van der Waals surface area contributed by atoms with Crippen molar-refractivity contribution in [3.8, 4) is 11.1 Å². The Morgan fingerprint density at radius 1 is 0.850 bits per heavy atom. The summed E-state index contributed by atoms with van der Waals surface area (Å²) in [5.74, 6) is -2.14. The Hall–Kier alpha value is -4.32. The molecule has 3 aromatic carbocycles. The number of carbonyl (C=O) groups is 3. The zero-order chi connectivity index (χ0) is 28.5. The quantitative estimate of drug-likeness (QED) is 0.243. The van der Waals surface area contributed by atoms with Gasteiger partial charge in [-0.1, -0.05) is 66.7 Å².